The summed E-state index contributed by atoms with van der Waals surface area (Å²) in [5, 5.41) is 3.97. The summed E-state index contributed by atoms with van der Waals surface area (Å²) in [4.78, 5) is 41.0. The van der Waals surface area contributed by atoms with Gasteiger partial charge in [-0.25, -0.2) is 0 Å². The number of thioether (sulfide) groups is 6. The van der Waals surface area contributed by atoms with Gasteiger partial charge in [0.25, 0.3) is 0 Å². The van der Waals surface area contributed by atoms with Crippen molar-refractivity contribution in [3.05, 3.63) is 0 Å². The van der Waals surface area contributed by atoms with Crippen LogP contribution in [0.3, 0.4) is 0 Å². The summed E-state index contributed by atoms with van der Waals surface area (Å²) < 4.78 is 12.1. The predicted octanol–water partition coefficient (Wildman–Crippen LogP) is 19.6. The Labute approximate surface area is 623 Å². The Morgan fingerprint density at radius 2 is 0.594 bits per heavy atom. The van der Waals surface area contributed by atoms with Crippen LogP contribution in [-0.2, 0) is 19.1 Å². The Bertz CT molecular complexity index is 1700. The summed E-state index contributed by atoms with van der Waals surface area (Å²) in [5.41, 5.74) is 0. The van der Waals surface area contributed by atoms with E-state index in [2.05, 4.69) is 226 Å². The lowest BCUT2D eigenvalue weighted by Gasteiger charge is -2.36. The van der Waals surface area contributed by atoms with Gasteiger partial charge in [-0.2, -0.15) is 70.6 Å². The van der Waals surface area contributed by atoms with Gasteiger partial charge < -0.3 is 38.9 Å². The van der Waals surface area contributed by atoms with E-state index in [-0.39, 0.29) is 23.8 Å². The smallest absolute Gasteiger partial charge is 0.308 e. The van der Waals surface area contributed by atoms with Crippen LogP contribution in [0.2, 0.25) is 0 Å². The number of unbranched alkanes of at least 4 members (excludes halogenated alkanes) is 17. The average molecular weight is 1460 g/mol. The standard InChI is InChI=1S/C80H160N6O4S6/c1-65(2)73(91-57-49-81(7)8)45-37-67(5)75(93-59-51-83(11)12)47-43-69-39-41-71(63-77(69)95-61-53-85(15)16)79(87)89-55-35-33-31-29-27-25-23-21-19-20-22-24-26-28-30-32-34-36-56-90-80(88)72-42-40-70(78(64-72)96-62-54-86(17)18)44-48-76(94-60-52-84(13)14)68(6)38-46-74(66(3)4)92-58-50-82(9)10/h65-78H,19-64H2,1-18H3. The van der Waals surface area contributed by atoms with Crippen LogP contribution < -0.4 is 0 Å². The van der Waals surface area contributed by atoms with E-state index in [1.807, 2.05) is 0 Å². The Balaban J connectivity index is 1.60. The number of carbonyl (C=O) groups is 2. The summed E-state index contributed by atoms with van der Waals surface area (Å²) >= 11 is 13.2. The fraction of sp³-hybridized carbons (Fsp3) is 0.975. The van der Waals surface area contributed by atoms with Crippen molar-refractivity contribution in [2.24, 2.45) is 47.3 Å². The number of hydrogen-bond acceptors (Lipinski definition) is 16. The first-order valence-electron chi connectivity index (χ1n) is 39.9. The van der Waals surface area contributed by atoms with Crippen molar-refractivity contribution in [1.82, 2.24) is 29.4 Å². The van der Waals surface area contributed by atoms with E-state index in [1.165, 1.54) is 190 Å². The summed E-state index contributed by atoms with van der Waals surface area (Å²) in [6.07, 6.45) is 40.0. The normalized spacial score (nSPS) is 20.8. The summed E-state index contributed by atoms with van der Waals surface area (Å²) in [6, 6.07) is 0. The first-order chi connectivity index (χ1) is 46.0. The second kappa shape index (κ2) is 59.0. The molecule has 0 spiro atoms. The largest absolute Gasteiger partial charge is 0.465 e. The second-order valence-corrected chi connectivity index (χ2v) is 40.3. The van der Waals surface area contributed by atoms with Crippen molar-refractivity contribution < 1.29 is 19.1 Å². The van der Waals surface area contributed by atoms with Gasteiger partial charge in [0.15, 0.2) is 0 Å². The van der Waals surface area contributed by atoms with Gasteiger partial charge in [-0.1, -0.05) is 144 Å². The van der Waals surface area contributed by atoms with Crippen LogP contribution in [0.4, 0.5) is 0 Å². The maximum atomic E-state index is 13.6. The second-order valence-electron chi connectivity index (χ2n) is 32.3. The van der Waals surface area contributed by atoms with Gasteiger partial charge in [-0.3, -0.25) is 9.59 Å². The molecular formula is C80H160N6O4S6. The molecule has 2 aliphatic carbocycles. The maximum absolute atomic E-state index is 13.6. The monoisotopic (exact) mass is 1460 g/mol. The zero-order chi connectivity index (χ0) is 70.9. The van der Waals surface area contributed by atoms with Gasteiger partial charge in [-0.05, 0) is 223 Å². The van der Waals surface area contributed by atoms with Crippen molar-refractivity contribution in [1.29, 1.82) is 0 Å². The van der Waals surface area contributed by atoms with Gasteiger partial charge in [0.2, 0.25) is 0 Å². The molecule has 0 aliphatic heterocycles. The van der Waals surface area contributed by atoms with E-state index in [0.29, 0.717) is 69.7 Å². The van der Waals surface area contributed by atoms with Gasteiger partial charge in [0, 0.05) is 105 Å². The van der Waals surface area contributed by atoms with Crippen LogP contribution in [0.15, 0.2) is 0 Å². The molecule has 0 saturated heterocycles. The fourth-order valence-corrected chi connectivity index (χ4v) is 23.5. The van der Waals surface area contributed by atoms with Gasteiger partial charge >= 0.3 is 11.9 Å². The number of nitrogens with zero attached hydrogens (tertiary/aromatic N) is 6. The highest BCUT2D eigenvalue weighted by Gasteiger charge is 2.38. The average Bonchev–Trinajstić information content (AvgIpc) is 1.65. The Morgan fingerprint density at radius 3 is 0.865 bits per heavy atom. The number of carbonyl (C=O) groups excluding carboxylic acids is 2. The molecule has 0 aromatic rings. The number of rotatable bonds is 63. The van der Waals surface area contributed by atoms with Crippen LogP contribution in [-0.4, -0.2) is 244 Å². The van der Waals surface area contributed by atoms with Crippen LogP contribution in [0.5, 0.6) is 0 Å². The molecule has 2 fully saturated rings. The van der Waals surface area contributed by atoms with Crippen LogP contribution in [0.1, 0.15) is 247 Å². The SMILES string of the molecule is CC(C)C(CCC(C)C(CCC1CCC(C(=O)OCCCCCCCCCCCCCCCCCCCCOC(=O)C2CCC(CCC(SCCN(C)C)C(C)CCC(SCCN(C)C)C(C)C)C(SCCN(C)C)C2)CC1SCCN(C)C)SCCN(C)C)SCCN(C)C. The van der Waals surface area contributed by atoms with E-state index >= 15 is 0 Å². The first kappa shape index (κ1) is 92.9. The quantitative estimate of drug-likeness (QED) is 0.0428. The predicted molar refractivity (Wildman–Crippen MR) is 440 cm³/mol. The molecular weight excluding hydrogens is 1300 g/mol. The van der Waals surface area contributed by atoms with Crippen molar-refractivity contribution in [3.8, 4) is 0 Å². The molecule has 16 heteroatoms. The Morgan fingerprint density at radius 1 is 0.333 bits per heavy atom. The van der Waals surface area contributed by atoms with E-state index < -0.39 is 0 Å². The Hall–Kier alpha value is 0.800. The van der Waals surface area contributed by atoms with Crippen molar-refractivity contribution in [2.45, 2.75) is 279 Å². The molecule has 12 unspecified atom stereocenters. The van der Waals surface area contributed by atoms with E-state index in [0.717, 1.165) is 99.8 Å². The zero-order valence-electron chi connectivity index (χ0n) is 66.4. The molecule has 12 atom stereocenters. The maximum Gasteiger partial charge on any atom is 0.308 e. The molecule has 0 amide bonds. The fourth-order valence-electron chi connectivity index (χ4n) is 14.1. The van der Waals surface area contributed by atoms with E-state index in [1.54, 1.807) is 0 Å². The highest BCUT2D eigenvalue weighted by Crippen LogP contribution is 2.44. The molecule has 0 aromatic carbocycles. The molecule has 0 aromatic heterocycles. The van der Waals surface area contributed by atoms with Crippen molar-refractivity contribution in [3.63, 3.8) is 0 Å². The molecule has 2 aliphatic rings. The molecule has 2 saturated carbocycles. The molecule has 10 nitrogen and oxygen atoms in total. The molecule has 2 rings (SSSR count). The number of esters is 2. The van der Waals surface area contributed by atoms with Gasteiger partial charge in [0.1, 0.15) is 0 Å². The van der Waals surface area contributed by atoms with Crippen LogP contribution in [0, 0.1) is 47.3 Å². The third-order valence-electron chi connectivity index (χ3n) is 21.0. The highest BCUT2D eigenvalue weighted by atomic mass is 32.2. The Kier molecular flexibility index (Phi) is 57.1. The lowest BCUT2D eigenvalue weighted by molar-refractivity contribution is -0.150. The molecule has 96 heavy (non-hydrogen) atoms. The van der Waals surface area contributed by atoms with Gasteiger partial charge in [-0.15, -0.1) is 0 Å². The summed E-state index contributed by atoms with van der Waals surface area (Å²) in [5.74, 6) is 11.7. The minimum Gasteiger partial charge on any atom is -0.465 e. The first-order valence-corrected chi connectivity index (χ1v) is 46.2. The lowest BCUT2D eigenvalue weighted by atomic mass is 9.78. The highest BCUT2D eigenvalue weighted by molar-refractivity contribution is 8.01. The topological polar surface area (TPSA) is 72.0 Å². The summed E-state index contributed by atoms with van der Waals surface area (Å²) in [6.45, 7) is 22.8. The van der Waals surface area contributed by atoms with Crippen molar-refractivity contribution in [2.75, 3.05) is 172 Å². The van der Waals surface area contributed by atoms with E-state index in [4.69, 9.17) is 9.47 Å². The molecule has 0 radical (unpaired) electrons. The third-order valence-corrected chi connectivity index (χ3v) is 30.2. The molecule has 0 N–H and O–H groups in total. The minimum atomic E-state index is 0.0673. The van der Waals surface area contributed by atoms with Crippen molar-refractivity contribution >= 4 is 82.5 Å². The molecule has 0 heterocycles. The molecule has 570 valence electrons. The van der Waals surface area contributed by atoms with Crippen LogP contribution in [0.25, 0.3) is 0 Å². The third kappa shape index (κ3) is 48.0. The van der Waals surface area contributed by atoms with E-state index in [9.17, 15) is 9.59 Å². The molecule has 0 bridgehead atoms. The number of ether oxygens (including phenoxy) is 2. The number of hydrogen-bond donors (Lipinski definition) is 0. The van der Waals surface area contributed by atoms with Crippen LogP contribution >= 0.6 is 70.6 Å². The lowest BCUT2D eigenvalue weighted by Crippen LogP contribution is -2.34. The van der Waals surface area contributed by atoms with Gasteiger partial charge in [0.05, 0.1) is 25.0 Å². The minimum absolute atomic E-state index is 0.0673. The zero-order valence-corrected chi connectivity index (χ0v) is 71.3. The summed E-state index contributed by atoms with van der Waals surface area (Å²) in [7, 11) is 26.3.